The van der Waals surface area contributed by atoms with E-state index in [0.717, 1.165) is 51.5 Å². The second-order valence-electron chi connectivity index (χ2n) is 6.10. The molecular formula is C18H40O3Si. The van der Waals surface area contributed by atoms with Crippen LogP contribution in [-0.4, -0.2) is 28.6 Å². The van der Waals surface area contributed by atoms with Gasteiger partial charge in [-0.3, -0.25) is 0 Å². The summed E-state index contributed by atoms with van der Waals surface area (Å²) in [7, 11) is -2.45. The van der Waals surface area contributed by atoms with Gasteiger partial charge in [-0.15, -0.1) is 0 Å². The molecule has 22 heavy (non-hydrogen) atoms. The average Bonchev–Trinajstić information content (AvgIpc) is 2.53. The van der Waals surface area contributed by atoms with E-state index in [1.807, 2.05) is 0 Å². The third-order valence-corrected chi connectivity index (χ3v) is 6.81. The molecule has 4 heteroatoms. The third kappa shape index (κ3) is 11.6. The van der Waals surface area contributed by atoms with Gasteiger partial charge in [-0.1, -0.05) is 72.6 Å². The van der Waals surface area contributed by atoms with Crippen LogP contribution in [0, 0.1) is 0 Å². The van der Waals surface area contributed by atoms with E-state index < -0.39 is 8.80 Å². The Kier molecular flexibility index (Phi) is 16.0. The van der Waals surface area contributed by atoms with E-state index >= 15 is 0 Å². The maximum atomic E-state index is 6.23. The Labute approximate surface area is 140 Å². The topological polar surface area (TPSA) is 27.7 Å². The number of unbranched alkanes of at least 4 members (excludes halogenated alkanes) is 6. The predicted octanol–water partition coefficient (Wildman–Crippen LogP) is 5.96. The van der Waals surface area contributed by atoms with E-state index in [0.29, 0.717) is 0 Å². The molecular weight excluding hydrogens is 292 g/mol. The lowest BCUT2D eigenvalue weighted by Gasteiger charge is -2.29. The zero-order chi connectivity index (χ0) is 16.5. The molecule has 0 heterocycles. The van der Waals surface area contributed by atoms with Crippen LogP contribution in [0.25, 0.3) is 0 Å². The summed E-state index contributed by atoms with van der Waals surface area (Å²) in [6, 6.07) is 0.956. The van der Waals surface area contributed by atoms with Crippen LogP contribution in [0.5, 0.6) is 0 Å². The molecule has 0 fully saturated rings. The monoisotopic (exact) mass is 332 g/mol. The molecule has 0 amide bonds. The molecule has 0 radical (unpaired) electrons. The standard InChI is InChI=1S/C18H40O3Si/c1-5-9-12-15-19-22(18-8-4,20-16-13-10-6-2)21-17-14-11-7-3/h5-18H2,1-4H3. The highest BCUT2D eigenvalue weighted by atomic mass is 28.4. The van der Waals surface area contributed by atoms with Gasteiger partial charge in [0.2, 0.25) is 0 Å². The van der Waals surface area contributed by atoms with Crippen molar-refractivity contribution in [3.05, 3.63) is 0 Å². The molecule has 0 unspecified atom stereocenters. The van der Waals surface area contributed by atoms with Crippen LogP contribution in [-0.2, 0) is 13.3 Å². The van der Waals surface area contributed by atoms with Crippen molar-refractivity contribution in [2.24, 2.45) is 0 Å². The van der Waals surface area contributed by atoms with E-state index in [4.69, 9.17) is 13.3 Å². The molecule has 0 aromatic heterocycles. The molecule has 0 N–H and O–H groups in total. The molecule has 0 aliphatic heterocycles. The van der Waals surface area contributed by atoms with E-state index in [9.17, 15) is 0 Å². The quantitative estimate of drug-likeness (QED) is 0.243. The third-order valence-electron chi connectivity index (χ3n) is 3.77. The van der Waals surface area contributed by atoms with Gasteiger partial charge in [0.05, 0.1) is 0 Å². The lowest BCUT2D eigenvalue weighted by atomic mass is 10.3. The number of rotatable bonds is 17. The van der Waals surface area contributed by atoms with Gasteiger partial charge >= 0.3 is 8.80 Å². The van der Waals surface area contributed by atoms with Crippen molar-refractivity contribution in [3.63, 3.8) is 0 Å². The molecule has 0 rings (SSSR count). The Morgan fingerprint density at radius 2 is 0.864 bits per heavy atom. The van der Waals surface area contributed by atoms with Crippen LogP contribution >= 0.6 is 0 Å². The van der Waals surface area contributed by atoms with Gasteiger partial charge in [0.1, 0.15) is 0 Å². The minimum atomic E-state index is -2.45. The predicted molar refractivity (Wildman–Crippen MR) is 97.3 cm³/mol. The van der Waals surface area contributed by atoms with Crippen LogP contribution in [0.4, 0.5) is 0 Å². The Balaban J connectivity index is 4.39. The minimum Gasteiger partial charge on any atom is -0.373 e. The summed E-state index contributed by atoms with van der Waals surface area (Å²) in [5.74, 6) is 0. The Hall–Kier alpha value is 0.0969. The maximum Gasteiger partial charge on any atom is 0.500 e. The molecule has 0 saturated carbocycles. The second-order valence-corrected chi connectivity index (χ2v) is 8.83. The summed E-state index contributed by atoms with van der Waals surface area (Å²) >= 11 is 0. The lowest BCUT2D eigenvalue weighted by Crippen LogP contribution is -2.46. The van der Waals surface area contributed by atoms with Crippen molar-refractivity contribution in [1.82, 2.24) is 0 Å². The summed E-state index contributed by atoms with van der Waals surface area (Å²) in [5, 5.41) is 0. The van der Waals surface area contributed by atoms with Gasteiger partial charge < -0.3 is 13.3 Å². The Bertz CT molecular complexity index is 193. The summed E-state index contributed by atoms with van der Waals surface area (Å²) < 4.78 is 18.7. The first-order valence-electron chi connectivity index (χ1n) is 9.66. The molecule has 0 saturated heterocycles. The van der Waals surface area contributed by atoms with Crippen molar-refractivity contribution in [1.29, 1.82) is 0 Å². The van der Waals surface area contributed by atoms with Gasteiger partial charge in [0.15, 0.2) is 0 Å². The van der Waals surface area contributed by atoms with Crippen LogP contribution in [0.1, 0.15) is 91.9 Å². The second kappa shape index (κ2) is 16.0. The highest BCUT2D eigenvalue weighted by Crippen LogP contribution is 2.20. The maximum absolute atomic E-state index is 6.23. The van der Waals surface area contributed by atoms with Gasteiger partial charge in [-0.25, -0.2) is 0 Å². The fourth-order valence-electron chi connectivity index (χ4n) is 2.39. The van der Waals surface area contributed by atoms with Crippen molar-refractivity contribution in [3.8, 4) is 0 Å². The molecule has 134 valence electrons. The minimum absolute atomic E-state index is 0.793. The van der Waals surface area contributed by atoms with Crippen molar-refractivity contribution in [2.45, 2.75) is 97.9 Å². The van der Waals surface area contributed by atoms with Gasteiger partial charge in [-0.05, 0) is 19.3 Å². The smallest absolute Gasteiger partial charge is 0.373 e. The van der Waals surface area contributed by atoms with Crippen LogP contribution < -0.4 is 0 Å². The van der Waals surface area contributed by atoms with E-state index in [1.165, 1.54) is 38.5 Å². The van der Waals surface area contributed by atoms with Crippen LogP contribution in [0.3, 0.4) is 0 Å². The molecule has 0 atom stereocenters. The van der Waals surface area contributed by atoms with E-state index in [-0.39, 0.29) is 0 Å². The largest absolute Gasteiger partial charge is 0.500 e. The zero-order valence-electron chi connectivity index (χ0n) is 15.6. The SMILES string of the molecule is CCCCCO[Si](CCC)(OCCCCC)OCCCCC. The normalized spacial score (nSPS) is 12.0. The summed E-state index contributed by atoms with van der Waals surface area (Å²) in [6.45, 7) is 11.2. The first-order valence-corrected chi connectivity index (χ1v) is 11.6. The van der Waals surface area contributed by atoms with Gasteiger partial charge in [0.25, 0.3) is 0 Å². The number of hydrogen-bond donors (Lipinski definition) is 0. The van der Waals surface area contributed by atoms with Crippen molar-refractivity contribution < 1.29 is 13.3 Å². The average molecular weight is 333 g/mol. The van der Waals surface area contributed by atoms with Gasteiger partial charge in [0, 0.05) is 25.9 Å². The fourth-order valence-corrected chi connectivity index (χ4v) is 5.05. The first kappa shape index (κ1) is 22.1. The zero-order valence-corrected chi connectivity index (χ0v) is 16.6. The highest BCUT2D eigenvalue weighted by molar-refractivity contribution is 6.60. The summed E-state index contributed by atoms with van der Waals surface area (Å²) in [5.41, 5.74) is 0. The Morgan fingerprint density at radius 1 is 0.500 bits per heavy atom. The molecule has 3 nitrogen and oxygen atoms in total. The van der Waals surface area contributed by atoms with Crippen molar-refractivity contribution >= 4 is 8.80 Å². The highest BCUT2D eigenvalue weighted by Gasteiger charge is 2.39. The molecule has 0 aliphatic rings. The lowest BCUT2D eigenvalue weighted by molar-refractivity contribution is 0.0553. The van der Waals surface area contributed by atoms with E-state index in [1.54, 1.807) is 0 Å². The van der Waals surface area contributed by atoms with Crippen LogP contribution in [0.15, 0.2) is 0 Å². The summed E-state index contributed by atoms with van der Waals surface area (Å²) in [4.78, 5) is 0. The fraction of sp³-hybridized carbons (Fsp3) is 1.00. The van der Waals surface area contributed by atoms with Crippen molar-refractivity contribution in [2.75, 3.05) is 19.8 Å². The molecule has 0 aromatic rings. The molecule has 0 bridgehead atoms. The van der Waals surface area contributed by atoms with Gasteiger partial charge in [-0.2, -0.15) is 0 Å². The summed E-state index contributed by atoms with van der Waals surface area (Å²) in [6.07, 6.45) is 11.8. The first-order chi connectivity index (χ1) is 10.7. The van der Waals surface area contributed by atoms with Crippen LogP contribution in [0.2, 0.25) is 6.04 Å². The number of hydrogen-bond acceptors (Lipinski definition) is 3. The molecule has 0 aliphatic carbocycles. The molecule has 0 aromatic carbocycles. The van der Waals surface area contributed by atoms with E-state index in [2.05, 4.69) is 27.7 Å². The molecule has 0 spiro atoms. The Morgan fingerprint density at radius 3 is 1.14 bits per heavy atom.